The Hall–Kier alpha value is -3.61. The van der Waals surface area contributed by atoms with Gasteiger partial charge in [0.25, 0.3) is 5.91 Å². The van der Waals surface area contributed by atoms with Crippen LogP contribution in [-0.2, 0) is 0 Å². The summed E-state index contributed by atoms with van der Waals surface area (Å²) in [5.74, 6) is 0.647. The minimum atomic E-state index is -0.396. The molecule has 7 heteroatoms. The van der Waals surface area contributed by atoms with Gasteiger partial charge in [-0.25, -0.2) is 9.37 Å². The predicted octanol–water partition coefficient (Wildman–Crippen LogP) is 3.94. The van der Waals surface area contributed by atoms with Crippen LogP contribution in [0.3, 0.4) is 0 Å². The fraction of sp³-hybridized carbons (Fsp3) is 0.217. The lowest BCUT2D eigenvalue weighted by Crippen LogP contribution is -2.49. The second-order valence-corrected chi connectivity index (χ2v) is 6.96. The number of hydrogen-bond acceptors (Lipinski definition) is 5. The quantitative estimate of drug-likeness (QED) is 0.696. The first kappa shape index (κ1) is 19.7. The van der Waals surface area contributed by atoms with Crippen LogP contribution in [-0.4, -0.2) is 49.1 Å². The number of ether oxygens (including phenoxy) is 1. The molecule has 0 aliphatic carbocycles. The minimum Gasteiger partial charge on any atom is -0.495 e. The first-order valence-corrected chi connectivity index (χ1v) is 9.81. The van der Waals surface area contributed by atoms with E-state index in [2.05, 4.69) is 15.2 Å². The number of pyridine rings is 1. The number of methoxy groups -OCH3 is 1. The van der Waals surface area contributed by atoms with Gasteiger partial charge in [-0.05, 0) is 36.4 Å². The molecular weight excluding hydrogens is 383 g/mol. The van der Waals surface area contributed by atoms with Crippen molar-refractivity contribution in [3.63, 3.8) is 0 Å². The number of hydrogen-bond donors (Lipinski definition) is 1. The van der Waals surface area contributed by atoms with Gasteiger partial charge in [0.1, 0.15) is 17.4 Å². The lowest BCUT2D eigenvalue weighted by molar-refractivity contribution is 0.0747. The van der Waals surface area contributed by atoms with E-state index < -0.39 is 5.82 Å². The maximum absolute atomic E-state index is 14.0. The van der Waals surface area contributed by atoms with E-state index in [1.807, 2.05) is 24.3 Å². The number of aromatic nitrogens is 1. The van der Waals surface area contributed by atoms with Crippen LogP contribution >= 0.6 is 0 Å². The number of para-hydroxylation sites is 3. The predicted molar refractivity (Wildman–Crippen MR) is 115 cm³/mol. The van der Waals surface area contributed by atoms with Gasteiger partial charge in [0.15, 0.2) is 0 Å². The fourth-order valence-corrected chi connectivity index (χ4v) is 3.58. The molecule has 4 rings (SSSR count). The molecule has 0 atom stereocenters. The summed E-state index contributed by atoms with van der Waals surface area (Å²) in [5.41, 5.74) is 1.73. The Bertz CT molecular complexity index is 1030. The number of anilines is 3. The number of nitrogens with one attached hydrogen (secondary N) is 1. The maximum Gasteiger partial charge on any atom is 0.257 e. The summed E-state index contributed by atoms with van der Waals surface area (Å²) in [5, 5.41) is 2.95. The van der Waals surface area contributed by atoms with E-state index in [-0.39, 0.29) is 11.6 Å². The second-order valence-electron chi connectivity index (χ2n) is 6.96. The molecule has 0 bridgehead atoms. The van der Waals surface area contributed by atoms with Gasteiger partial charge < -0.3 is 19.9 Å². The molecule has 1 aliphatic rings. The molecule has 2 aromatic carbocycles. The van der Waals surface area contributed by atoms with Crippen LogP contribution in [0.25, 0.3) is 0 Å². The molecule has 2 heterocycles. The lowest BCUT2D eigenvalue weighted by atomic mass is 10.1. The molecule has 1 aliphatic heterocycles. The molecule has 1 aromatic heterocycles. The van der Waals surface area contributed by atoms with E-state index in [1.165, 1.54) is 6.07 Å². The topological polar surface area (TPSA) is 57.7 Å². The zero-order chi connectivity index (χ0) is 20.9. The third kappa shape index (κ3) is 4.05. The van der Waals surface area contributed by atoms with E-state index in [9.17, 15) is 9.18 Å². The monoisotopic (exact) mass is 406 g/mol. The van der Waals surface area contributed by atoms with Gasteiger partial charge in [-0.1, -0.05) is 24.3 Å². The van der Waals surface area contributed by atoms with Crippen molar-refractivity contribution in [1.82, 2.24) is 9.88 Å². The zero-order valence-corrected chi connectivity index (χ0v) is 16.7. The molecule has 0 unspecified atom stereocenters. The van der Waals surface area contributed by atoms with Crippen LogP contribution in [0.15, 0.2) is 66.9 Å². The maximum atomic E-state index is 14.0. The molecule has 1 N–H and O–H groups in total. The number of amides is 1. The summed E-state index contributed by atoms with van der Waals surface area (Å²) in [7, 11) is 1.66. The summed E-state index contributed by atoms with van der Waals surface area (Å²) in [6, 6.07) is 17.6. The van der Waals surface area contributed by atoms with Crippen molar-refractivity contribution in [1.29, 1.82) is 0 Å². The molecule has 1 fully saturated rings. The Morgan fingerprint density at radius 3 is 2.50 bits per heavy atom. The third-order valence-electron chi connectivity index (χ3n) is 5.16. The standard InChI is InChI=1S/C23H23FN4O2/c1-30-21-11-5-4-10-20(21)27-13-15-28(16-14-27)23(29)17-7-6-12-25-22(17)26-19-9-3-2-8-18(19)24/h2-12H,13-16H2,1H3,(H,25,26). The van der Waals surface area contributed by atoms with Crippen LogP contribution in [0.4, 0.5) is 21.6 Å². The summed E-state index contributed by atoms with van der Waals surface area (Å²) in [4.78, 5) is 21.4. The average Bonchev–Trinajstić information content (AvgIpc) is 2.80. The molecule has 6 nitrogen and oxygen atoms in total. The van der Waals surface area contributed by atoms with Crippen molar-refractivity contribution in [2.75, 3.05) is 43.5 Å². The number of halogens is 1. The van der Waals surface area contributed by atoms with E-state index >= 15 is 0 Å². The number of carbonyl (C=O) groups excluding carboxylic acids is 1. The first-order valence-electron chi connectivity index (χ1n) is 9.81. The SMILES string of the molecule is COc1ccccc1N1CCN(C(=O)c2cccnc2Nc2ccccc2F)CC1. The number of carbonyl (C=O) groups is 1. The molecule has 1 saturated heterocycles. The Kier molecular flexibility index (Phi) is 5.79. The van der Waals surface area contributed by atoms with Crippen molar-refractivity contribution >= 4 is 23.1 Å². The highest BCUT2D eigenvalue weighted by molar-refractivity contribution is 5.99. The van der Waals surface area contributed by atoms with E-state index in [0.29, 0.717) is 37.6 Å². The Labute approximate surface area is 174 Å². The number of piperazine rings is 1. The Morgan fingerprint density at radius 1 is 1.00 bits per heavy atom. The number of rotatable bonds is 5. The van der Waals surface area contributed by atoms with E-state index in [1.54, 1.807) is 48.5 Å². The van der Waals surface area contributed by atoms with Gasteiger partial charge in [-0.15, -0.1) is 0 Å². The molecular formula is C23H23FN4O2. The van der Waals surface area contributed by atoms with Crippen LogP contribution in [0.5, 0.6) is 5.75 Å². The molecule has 0 radical (unpaired) electrons. The van der Waals surface area contributed by atoms with Gasteiger partial charge in [0.2, 0.25) is 0 Å². The van der Waals surface area contributed by atoms with Gasteiger partial charge in [0, 0.05) is 32.4 Å². The third-order valence-corrected chi connectivity index (χ3v) is 5.16. The molecule has 0 spiro atoms. The van der Waals surface area contributed by atoms with E-state index in [0.717, 1.165) is 11.4 Å². The van der Waals surface area contributed by atoms with Gasteiger partial charge in [-0.3, -0.25) is 4.79 Å². The van der Waals surface area contributed by atoms with Gasteiger partial charge in [0.05, 0.1) is 24.0 Å². The smallest absolute Gasteiger partial charge is 0.257 e. The molecule has 0 saturated carbocycles. The average molecular weight is 406 g/mol. The minimum absolute atomic E-state index is 0.124. The van der Waals surface area contributed by atoms with Gasteiger partial charge in [-0.2, -0.15) is 0 Å². The van der Waals surface area contributed by atoms with Crippen LogP contribution in [0, 0.1) is 5.82 Å². The summed E-state index contributed by atoms with van der Waals surface area (Å²) < 4.78 is 19.5. The van der Waals surface area contributed by atoms with Crippen LogP contribution in [0.2, 0.25) is 0 Å². The van der Waals surface area contributed by atoms with Crippen molar-refractivity contribution < 1.29 is 13.9 Å². The highest BCUT2D eigenvalue weighted by atomic mass is 19.1. The highest BCUT2D eigenvalue weighted by Crippen LogP contribution is 2.29. The van der Waals surface area contributed by atoms with Crippen LogP contribution < -0.4 is 15.0 Å². The zero-order valence-electron chi connectivity index (χ0n) is 16.7. The van der Waals surface area contributed by atoms with Gasteiger partial charge >= 0.3 is 0 Å². The van der Waals surface area contributed by atoms with E-state index in [4.69, 9.17) is 4.74 Å². The Morgan fingerprint density at radius 2 is 1.73 bits per heavy atom. The highest BCUT2D eigenvalue weighted by Gasteiger charge is 2.25. The largest absolute Gasteiger partial charge is 0.495 e. The normalized spacial score (nSPS) is 13.8. The van der Waals surface area contributed by atoms with Crippen molar-refractivity contribution in [2.45, 2.75) is 0 Å². The lowest BCUT2D eigenvalue weighted by Gasteiger charge is -2.36. The molecule has 1 amide bonds. The Balaban J connectivity index is 1.48. The van der Waals surface area contributed by atoms with Crippen molar-refractivity contribution in [3.8, 4) is 5.75 Å². The van der Waals surface area contributed by atoms with Crippen molar-refractivity contribution in [3.05, 3.63) is 78.2 Å². The number of benzene rings is 2. The number of nitrogens with zero attached hydrogens (tertiary/aromatic N) is 3. The molecule has 154 valence electrons. The summed E-state index contributed by atoms with van der Waals surface area (Å²) >= 11 is 0. The second kappa shape index (κ2) is 8.82. The van der Waals surface area contributed by atoms with Crippen LogP contribution in [0.1, 0.15) is 10.4 Å². The summed E-state index contributed by atoms with van der Waals surface area (Å²) in [6.07, 6.45) is 1.58. The molecule has 30 heavy (non-hydrogen) atoms. The fourth-order valence-electron chi connectivity index (χ4n) is 3.58. The van der Waals surface area contributed by atoms with Crippen molar-refractivity contribution in [2.24, 2.45) is 0 Å². The molecule has 3 aromatic rings. The first-order chi connectivity index (χ1) is 14.7. The summed E-state index contributed by atoms with van der Waals surface area (Å²) in [6.45, 7) is 2.54.